The molecule has 2 N–H and O–H groups in total. The molecule has 2 fully saturated rings. The number of rotatable bonds is 2. The van der Waals surface area contributed by atoms with Gasteiger partial charge in [-0.1, -0.05) is 0 Å². The lowest BCUT2D eigenvalue weighted by Crippen LogP contribution is -2.42. The summed E-state index contributed by atoms with van der Waals surface area (Å²) in [6, 6.07) is 4.84. The summed E-state index contributed by atoms with van der Waals surface area (Å²) >= 11 is 0. The molecule has 4 rings (SSSR count). The Balaban J connectivity index is 0.00000169. The molecule has 2 unspecified atom stereocenters. The number of H-pyrrole nitrogens is 1. The van der Waals surface area contributed by atoms with E-state index in [0.29, 0.717) is 10.9 Å². The van der Waals surface area contributed by atoms with Gasteiger partial charge in [0.15, 0.2) is 5.69 Å². The van der Waals surface area contributed by atoms with Crippen molar-refractivity contribution < 1.29 is 9.72 Å². The van der Waals surface area contributed by atoms with Crippen LogP contribution in [0.3, 0.4) is 0 Å². The van der Waals surface area contributed by atoms with E-state index in [1.54, 1.807) is 6.07 Å². The zero-order chi connectivity index (χ0) is 16.0. The molecule has 1 amide bonds. The van der Waals surface area contributed by atoms with Crippen LogP contribution in [0, 0.1) is 10.1 Å². The first-order chi connectivity index (χ1) is 11.1. The maximum absolute atomic E-state index is 13.0. The number of amides is 1. The topological polar surface area (TPSA) is 104 Å². The average molecular weight is 352 g/mol. The standard InChI is InChI=1S/C15H17N5O3.ClH/c21-15(19-9-1-2-11(19)8-16-6-5-9)14-12-7-10(20(22)23)3-4-13(12)17-18-14;/h3-4,7,9,11,16H,1-2,5-6,8H2,(H,17,18);1H. The van der Waals surface area contributed by atoms with Gasteiger partial charge in [0.05, 0.1) is 10.4 Å². The molecule has 128 valence electrons. The summed E-state index contributed by atoms with van der Waals surface area (Å²) < 4.78 is 0. The van der Waals surface area contributed by atoms with Crippen LogP contribution in [-0.4, -0.2) is 51.1 Å². The van der Waals surface area contributed by atoms with Gasteiger partial charge >= 0.3 is 0 Å². The van der Waals surface area contributed by atoms with Gasteiger partial charge in [-0.3, -0.25) is 20.0 Å². The van der Waals surface area contributed by atoms with Gasteiger partial charge in [0.1, 0.15) is 0 Å². The fraction of sp³-hybridized carbons (Fsp3) is 0.467. The fourth-order valence-corrected chi connectivity index (χ4v) is 3.71. The van der Waals surface area contributed by atoms with Gasteiger partial charge in [-0.15, -0.1) is 12.4 Å². The first-order valence-corrected chi connectivity index (χ1v) is 7.81. The van der Waals surface area contributed by atoms with Crippen LogP contribution in [0.25, 0.3) is 10.9 Å². The van der Waals surface area contributed by atoms with E-state index in [-0.39, 0.29) is 41.8 Å². The highest BCUT2D eigenvalue weighted by Crippen LogP contribution is 2.31. The Morgan fingerprint density at radius 2 is 2.08 bits per heavy atom. The van der Waals surface area contributed by atoms with Crippen LogP contribution in [0.5, 0.6) is 0 Å². The van der Waals surface area contributed by atoms with Crippen molar-refractivity contribution in [1.29, 1.82) is 0 Å². The smallest absolute Gasteiger partial charge is 0.275 e. The van der Waals surface area contributed by atoms with Crippen molar-refractivity contribution in [2.75, 3.05) is 13.1 Å². The largest absolute Gasteiger partial charge is 0.330 e. The second kappa shape index (κ2) is 6.37. The maximum atomic E-state index is 13.0. The van der Waals surface area contributed by atoms with Crippen molar-refractivity contribution in [3.8, 4) is 0 Å². The van der Waals surface area contributed by atoms with Crippen LogP contribution in [0.1, 0.15) is 29.8 Å². The number of carbonyl (C=O) groups is 1. The lowest BCUT2D eigenvalue weighted by molar-refractivity contribution is -0.384. The molecule has 24 heavy (non-hydrogen) atoms. The Labute approximate surface area is 144 Å². The number of carbonyl (C=O) groups excluding carboxylic acids is 1. The van der Waals surface area contributed by atoms with Gasteiger partial charge in [0.2, 0.25) is 0 Å². The van der Waals surface area contributed by atoms with Gasteiger partial charge in [0, 0.05) is 36.1 Å². The minimum absolute atomic E-state index is 0. The monoisotopic (exact) mass is 351 g/mol. The average Bonchev–Trinajstić information content (AvgIpc) is 3.05. The van der Waals surface area contributed by atoms with E-state index in [0.717, 1.165) is 32.4 Å². The summed E-state index contributed by atoms with van der Waals surface area (Å²) in [5.41, 5.74) is 0.884. The number of halogens is 1. The van der Waals surface area contributed by atoms with Crippen LogP contribution < -0.4 is 5.32 Å². The number of nitro benzene ring substituents is 1. The highest BCUT2D eigenvalue weighted by atomic mass is 35.5. The molecule has 0 radical (unpaired) electrons. The first-order valence-electron chi connectivity index (χ1n) is 7.81. The molecule has 2 aliphatic rings. The molecule has 0 spiro atoms. The quantitative estimate of drug-likeness (QED) is 0.634. The second-order valence-electron chi connectivity index (χ2n) is 6.15. The fourth-order valence-electron chi connectivity index (χ4n) is 3.71. The number of fused-ring (bicyclic) bond motifs is 3. The molecule has 1 aromatic carbocycles. The van der Waals surface area contributed by atoms with Crippen LogP contribution >= 0.6 is 12.4 Å². The number of non-ortho nitro benzene ring substituents is 1. The Hall–Kier alpha value is -2.19. The molecule has 8 nitrogen and oxygen atoms in total. The van der Waals surface area contributed by atoms with Crippen LogP contribution in [0.2, 0.25) is 0 Å². The van der Waals surface area contributed by atoms with Crippen LogP contribution in [0.15, 0.2) is 18.2 Å². The Morgan fingerprint density at radius 1 is 1.29 bits per heavy atom. The third-order valence-electron chi connectivity index (χ3n) is 4.85. The van der Waals surface area contributed by atoms with Gasteiger partial charge in [-0.25, -0.2) is 0 Å². The number of hydrogen-bond acceptors (Lipinski definition) is 5. The highest BCUT2D eigenvalue weighted by molar-refractivity contribution is 6.05. The van der Waals surface area contributed by atoms with Gasteiger partial charge in [0.25, 0.3) is 11.6 Å². The highest BCUT2D eigenvalue weighted by Gasteiger charge is 2.39. The minimum Gasteiger partial charge on any atom is -0.330 e. The second-order valence-corrected chi connectivity index (χ2v) is 6.15. The predicted molar refractivity (Wildman–Crippen MR) is 90.5 cm³/mol. The Kier molecular flexibility index (Phi) is 4.42. The molecule has 2 bridgehead atoms. The number of benzene rings is 1. The molecule has 3 heterocycles. The first kappa shape index (κ1) is 16.7. The number of nitrogens with one attached hydrogen (secondary N) is 2. The maximum Gasteiger partial charge on any atom is 0.275 e. The van der Waals surface area contributed by atoms with E-state index in [1.165, 1.54) is 12.1 Å². The molecule has 1 aromatic heterocycles. The third-order valence-corrected chi connectivity index (χ3v) is 4.85. The third kappa shape index (κ3) is 2.61. The summed E-state index contributed by atoms with van der Waals surface area (Å²) in [6.07, 6.45) is 2.94. The number of aromatic nitrogens is 2. The zero-order valence-corrected chi connectivity index (χ0v) is 13.7. The molecular weight excluding hydrogens is 334 g/mol. The summed E-state index contributed by atoms with van der Waals surface area (Å²) in [7, 11) is 0. The van der Waals surface area contributed by atoms with E-state index < -0.39 is 4.92 Å². The predicted octanol–water partition coefficient (Wildman–Crippen LogP) is 1.86. The number of aromatic amines is 1. The van der Waals surface area contributed by atoms with Crippen molar-refractivity contribution >= 4 is 34.9 Å². The van der Waals surface area contributed by atoms with Gasteiger partial charge < -0.3 is 10.2 Å². The zero-order valence-electron chi connectivity index (χ0n) is 12.9. The number of nitrogens with zero attached hydrogens (tertiary/aromatic N) is 3. The van der Waals surface area contributed by atoms with Crippen molar-refractivity contribution in [1.82, 2.24) is 20.4 Å². The van der Waals surface area contributed by atoms with Crippen molar-refractivity contribution in [2.24, 2.45) is 0 Å². The van der Waals surface area contributed by atoms with E-state index in [2.05, 4.69) is 15.5 Å². The lowest BCUT2D eigenvalue weighted by atomic mass is 10.1. The normalized spacial score (nSPS) is 22.9. The Bertz CT molecular complexity index is 779. The molecule has 2 saturated heterocycles. The van der Waals surface area contributed by atoms with Crippen molar-refractivity contribution in [2.45, 2.75) is 31.3 Å². The molecule has 0 saturated carbocycles. The molecule has 0 aliphatic carbocycles. The van der Waals surface area contributed by atoms with E-state index in [4.69, 9.17) is 0 Å². The lowest BCUT2D eigenvalue weighted by Gasteiger charge is -2.27. The van der Waals surface area contributed by atoms with E-state index in [1.807, 2.05) is 4.90 Å². The SMILES string of the molecule is Cl.O=C(c1n[nH]c2ccc([N+](=O)[O-])cc12)N1C2CCNCC1CC2. The molecule has 2 aromatic rings. The molecule has 2 atom stereocenters. The van der Waals surface area contributed by atoms with Crippen molar-refractivity contribution in [3.05, 3.63) is 34.0 Å². The van der Waals surface area contributed by atoms with Crippen LogP contribution in [-0.2, 0) is 0 Å². The van der Waals surface area contributed by atoms with E-state index in [9.17, 15) is 14.9 Å². The molecule has 9 heteroatoms. The summed E-state index contributed by atoms with van der Waals surface area (Å²) in [6.45, 7) is 1.71. The number of nitro groups is 1. The molecular formula is C15H18ClN5O3. The minimum atomic E-state index is -0.458. The van der Waals surface area contributed by atoms with Gasteiger partial charge in [-0.2, -0.15) is 5.10 Å². The summed E-state index contributed by atoms with van der Waals surface area (Å²) in [5, 5.41) is 21.8. The summed E-state index contributed by atoms with van der Waals surface area (Å²) in [5.74, 6) is -0.132. The van der Waals surface area contributed by atoms with Crippen molar-refractivity contribution in [3.63, 3.8) is 0 Å². The van der Waals surface area contributed by atoms with E-state index >= 15 is 0 Å². The van der Waals surface area contributed by atoms with Crippen LogP contribution in [0.4, 0.5) is 5.69 Å². The summed E-state index contributed by atoms with van der Waals surface area (Å²) in [4.78, 5) is 25.5. The van der Waals surface area contributed by atoms with Gasteiger partial charge in [-0.05, 0) is 31.9 Å². The Morgan fingerprint density at radius 3 is 2.88 bits per heavy atom. The number of hydrogen-bond donors (Lipinski definition) is 2. The molecule has 2 aliphatic heterocycles.